The quantitative estimate of drug-likeness (QED) is 0.0111. The zero-order valence-corrected chi connectivity index (χ0v) is 84.1. The maximum absolute atomic E-state index is 12.7. The van der Waals surface area contributed by atoms with Crippen molar-refractivity contribution in [2.75, 3.05) is 10.6 Å². The van der Waals surface area contributed by atoms with Gasteiger partial charge >= 0.3 is 20.2 Å². The first-order chi connectivity index (χ1) is 62.4. The van der Waals surface area contributed by atoms with Crippen molar-refractivity contribution in [2.45, 2.75) is 104 Å². The number of aromatic nitrogens is 7. The number of hydrogen-bond acceptors (Lipinski definition) is 15. The van der Waals surface area contributed by atoms with Crippen LogP contribution in [0, 0.1) is 0 Å². The molecule has 6 aliphatic heterocycles. The number of pyridine rings is 3. The zero-order valence-electron chi connectivity index (χ0n) is 73.6. The number of fused-ring (bicyclic) bond motifs is 12. The van der Waals surface area contributed by atoms with E-state index in [1.807, 2.05) is 86.9 Å². The van der Waals surface area contributed by atoms with Crippen LogP contribution in [0.4, 0.5) is 11.4 Å². The molecule has 0 saturated carbocycles. The van der Waals surface area contributed by atoms with E-state index in [1.54, 1.807) is 36.4 Å². The minimum absolute atomic E-state index is 0. The summed E-state index contributed by atoms with van der Waals surface area (Å²) in [5.74, 6) is 5.65. The standard InChI is InChI=1S/C50H47N8S.C50H45N7O9S4.3HI.H3N/c1-5-6-7-8-46(59)51-37-11-9-33(10-12-37)47-38-13-15-40(52-38)48(34-21-27-56(2)28-22-34)42-17-19-44(54-42)50(36-25-31-58(4)32-26-36)45-20-18-43(55-45)49(41-16-14-39(47)53-41)35-23-29-57(3)30-24-35;1-2-3-4-5-46(67)53-34-14-6-30(7-15-34)47-38-22-24-42(54-38)49(32-10-18-36(19-11-32)69(61,62)65-51)44-28-26-40(56-44)48(31-8-16-35(17-9-31)68(58,59)60)41-27-29-45(57-41)50(43-25-23-39(47)55-43)33-12-20-37(21-13-33)70(63,64)66-52;;;;/h9-32,40,48H,5-8H2,1-4H3,(H-,51,53,54,55,59);6-29,42,49H,2-5H2,1,51-52H3,(H2-2,53,54,55,56,57,58,59,60,67);3*1H;1H3/q+1;;;;;/p+1. The number of allylic oxidation sites excluding steroid dienone is 6. The summed E-state index contributed by atoms with van der Waals surface area (Å²) in [6.45, 7) is 4.37. The molecule has 12 aromatic rings. The van der Waals surface area contributed by atoms with E-state index in [4.69, 9.17) is 44.4 Å². The van der Waals surface area contributed by atoms with Crippen molar-refractivity contribution in [3.8, 4) is 0 Å². The Morgan fingerprint density at radius 3 is 1.08 bits per heavy atom. The van der Waals surface area contributed by atoms with Gasteiger partial charge in [-0.3, -0.25) is 9.98 Å². The summed E-state index contributed by atoms with van der Waals surface area (Å²) in [4.78, 5) is 37.7. The normalized spacial score (nSPS) is 19.2. The molecule has 5 aromatic carbocycles. The number of H-pyrrole nitrogens is 4. The van der Waals surface area contributed by atoms with Crippen LogP contribution in [0.3, 0.4) is 0 Å². The number of thiocarbonyl (C=S) groups is 2. The minimum Gasteiger partial charge on any atom is -1.00 e. The van der Waals surface area contributed by atoms with Crippen LogP contribution in [0.5, 0.6) is 0 Å². The Hall–Kier alpha value is -11.2. The summed E-state index contributed by atoms with van der Waals surface area (Å²) < 4.78 is 102. The first kappa shape index (κ1) is 99.3. The summed E-state index contributed by atoms with van der Waals surface area (Å²) in [6, 6.07) is 63.4. The largest absolute Gasteiger partial charge is 1.00 e. The van der Waals surface area contributed by atoms with E-state index in [0.717, 1.165) is 149 Å². The first-order valence-electron chi connectivity index (χ1n) is 42.5. The van der Waals surface area contributed by atoms with Gasteiger partial charge in [0.25, 0.3) is 0 Å². The van der Waals surface area contributed by atoms with Gasteiger partial charge < -0.3 is 113 Å². The van der Waals surface area contributed by atoms with E-state index in [2.05, 4.69) is 232 Å². The van der Waals surface area contributed by atoms with Gasteiger partial charge in [-0.05, 0) is 216 Å². The van der Waals surface area contributed by atoms with Crippen molar-refractivity contribution in [1.82, 2.24) is 26.1 Å². The highest BCUT2D eigenvalue weighted by Gasteiger charge is 2.34. The fraction of sp³-hybridized carbons (Fsp3) is 0.170. The van der Waals surface area contributed by atoms with E-state index >= 15 is 0 Å². The van der Waals surface area contributed by atoms with Gasteiger partial charge in [0.05, 0.1) is 82.8 Å². The number of quaternary nitrogens is 3. The third-order valence-corrected chi connectivity index (χ3v) is 27.4. The lowest BCUT2D eigenvalue weighted by molar-refractivity contribution is -0.671. The van der Waals surface area contributed by atoms with Crippen molar-refractivity contribution in [1.29, 1.82) is 0 Å². The van der Waals surface area contributed by atoms with Crippen LogP contribution in [0.25, 0.3) is 33.4 Å². The number of unbranched alkanes of at least 4 members (excludes halogenated alkanes) is 4. The van der Waals surface area contributed by atoms with Crippen LogP contribution in [0.15, 0.2) is 338 Å². The fourth-order valence-corrected chi connectivity index (χ4v) is 19.2. The molecule has 4 atom stereocenters. The number of aromatic amines is 4. The molecule has 4 unspecified atom stereocenters. The smallest absolute Gasteiger partial charge is 0.342 e. The van der Waals surface area contributed by atoms with Crippen molar-refractivity contribution in [3.05, 3.63) is 392 Å². The molecule has 0 aliphatic carbocycles. The number of nitrogens with zero attached hydrogens (tertiary/aromatic N) is 7. The molecule has 16 N–H and O–H groups in total. The Morgan fingerprint density at radius 1 is 0.391 bits per heavy atom. The van der Waals surface area contributed by atoms with E-state index in [0.29, 0.717) is 61.5 Å². The highest BCUT2D eigenvalue weighted by molar-refractivity contribution is 7.87. The number of aryl methyl sites for hydroxylation is 3. The monoisotopic (exact) mass is 2210 g/mol. The lowest BCUT2D eigenvalue weighted by atomic mass is 9.89. The van der Waals surface area contributed by atoms with Crippen molar-refractivity contribution in [2.24, 2.45) is 41.1 Å². The summed E-state index contributed by atoms with van der Waals surface area (Å²) >= 11 is 11.4. The molecule has 0 spiro atoms. The summed E-state index contributed by atoms with van der Waals surface area (Å²) in [5, 5.41) is 10.1. The lowest BCUT2D eigenvalue weighted by Gasteiger charge is -2.21. The molecule has 16 bridgehead atoms. The Bertz CT molecular complexity index is 7410. The molecule has 25 nitrogen and oxygen atoms in total. The van der Waals surface area contributed by atoms with E-state index < -0.39 is 47.2 Å². The molecule has 33 heteroatoms. The van der Waals surface area contributed by atoms with Gasteiger partial charge in [0.15, 0.2) is 37.2 Å². The van der Waals surface area contributed by atoms with Crippen LogP contribution in [-0.4, -0.2) is 94.6 Å². The number of nitrogens with one attached hydrogen (secondary N) is 6. The van der Waals surface area contributed by atoms with Gasteiger partial charge in [-0.25, -0.2) is 32.1 Å². The van der Waals surface area contributed by atoms with Crippen LogP contribution < -0.4 is 136 Å². The van der Waals surface area contributed by atoms with Gasteiger partial charge in [0.2, 0.25) is 0 Å². The summed E-state index contributed by atoms with van der Waals surface area (Å²) in [7, 11) is -6.84. The molecule has 133 heavy (non-hydrogen) atoms. The zero-order chi connectivity index (χ0) is 89.8. The van der Waals surface area contributed by atoms with Gasteiger partial charge in [-0.2, -0.15) is 28.6 Å². The number of rotatable bonds is 23. The summed E-state index contributed by atoms with van der Waals surface area (Å²) in [5.41, 5.74) is 21.8. The van der Waals surface area contributed by atoms with E-state index in [-0.39, 0.29) is 99.8 Å². The molecule has 13 heterocycles. The minimum atomic E-state index is -4.76. The SMILES string of the molecule is CCCCCC(=S)Nc1ccc(/C2=c3\cc/c([nH]3)=C(\c3cc[n+](C)cc3)C3=N/C(=C(/c4cc[n+](C)cc4)c4ccc([nH]4)C(c4cc[n+](C)cc4)C4C=CC2=N4)C=C3)cc1.CCCCCC(=S)Nc1ccc(/C2=c3\cc/c([nH]3)=C(\c3ccc(S(=O)(=O)O[NH3+])cc3)C3=N/C(=C(/c4ccc(S(=O)(=O)[O-])cc4)c4ccc([nH]4)C(c4ccc(S(=O)(=O)O[NH3+])cc4)C4C=CC2=N4)C=C3)cc1.[I-].[I-].[I-].[NH4+]. The fourth-order valence-electron chi connectivity index (χ4n) is 17.0. The van der Waals surface area contributed by atoms with Crippen LogP contribution in [0.2, 0.25) is 0 Å². The van der Waals surface area contributed by atoms with Gasteiger partial charge in [-0.1, -0.05) is 145 Å². The van der Waals surface area contributed by atoms with Crippen molar-refractivity contribution in [3.63, 3.8) is 0 Å². The predicted octanol–water partition coefficient (Wildman–Crippen LogP) is 2.60. The molecule has 0 fully saturated rings. The first-order valence-corrected chi connectivity index (χ1v) is 47.5. The Morgan fingerprint density at radius 2 is 0.714 bits per heavy atom. The highest BCUT2D eigenvalue weighted by atomic mass is 127. The second-order valence-electron chi connectivity index (χ2n) is 32.3. The van der Waals surface area contributed by atoms with Crippen LogP contribution in [0.1, 0.15) is 144 Å². The maximum Gasteiger partial charge on any atom is 0.342 e. The van der Waals surface area contributed by atoms with Crippen LogP contribution in [-0.2, 0) is 60.1 Å². The molecule has 0 saturated heterocycles. The summed E-state index contributed by atoms with van der Waals surface area (Å²) in [6.07, 6.45) is 37.2. The number of halogens is 3. The van der Waals surface area contributed by atoms with E-state index in [1.165, 1.54) is 54.8 Å². The highest BCUT2D eigenvalue weighted by Crippen LogP contribution is 2.41. The second kappa shape index (κ2) is 43.0. The van der Waals surface area contributed by atoms with Gasteiger partial charge in [0, 0.05) is 125 Å². The van der Waals surface area contributed by atoms with Gasteiger partial charge in [-0.15, -0.1) is 0 Å². The molecule has 682 valence electrons. The molecule has 0 amide bonds. The van der Waals surface area contributed by atoms with Crippen molar-refractivity contribution < 1.29 is 136 Å². The maximum atomic E-state index is 12.7. The molecular weight excluding hydrogens is 2110 g/mol. The Labute approximate surface area is 834 Å². The second-order valence-corrected chi connectivity index (χ2v) is 37.9. The average Bonchev–Trinajstić information content (AvgIpc) is 1.61. The predicted molar refractivity (Wildman–Crippen MR) is 513 cm³/mol. The van der Waals surface area contributed by atoms with Crippen molar-refractivity contribution >= 4 is 132 Å². The number of benzene rings is 5. The van der Waals surface area contributed by atoms with Crippen LogP contribution >= 0.6 is 24.4 Å². The number of hydrogen-bond donors (Lipinski definition) is 9. The Balaban J connectivity index is 0.000000222. The molecular formula is C100H99I3N16O9S5+2. The molecule has 7 aromatic heterocycles. The number of aliphatic imine (C=N–C) groups is 4. The Kier molecular flexibility index (Phi) is 32.1. The molecule has 6 aliphatic rings. The number of anilines is 2. The molecule has 0 radical (unpaired) electrons. The lowest BCUT2D eigenvalue weighted by Crippen LogP contribution is -3.00. The van der Waals surface area contributed by atoms with E-state index in [9.17, 15) is 29.8 Å². The third kappa shape index (κ3) is 22.0. The average molecular weight is 2210 g/mol. The topological polar surface area (TPSA) is 384 Å². The third-order valence-electron chi connectivity index (χ3n) is 23.6. The van der Waals surface area contributed by atoms with Gasteiger partial charge in [0.1, 0.15) is 31.3 Å². The molecule has 18 rings (SSSR count).